The van der Waals surface area contributed by atoms with Crippen LogP contribution in [-0.2, 0) is 11.3 Å². The van der Waals surface area contributed by atoms with Gasteiger partial charge in [0.25, 0.3) is 0 Å². The third kappa shape index (κ3) is 2.16. The molecule has 0 aliphatic carbocycles. The number of aliphatic hydroxyl groups is 1. The van der Waals surface area contributed by atoms with E-state index in [0.717, 1.165) is 5.56 Å². The number of carbonyl (C=O) groups excluding carboxylic acids is 1. The van der Waals surface area contributed by atoms with Crippen LogP contribution in [0, 0.1) is 0 Å². The second-order valence-corrected chi connectivity index (χ2v) is 4.10. The van der Waals surface area contributed by atoms with Crippen LogP contribution in [0.5, 0.6) is 0 Å². The van der Waals surface area contributed by atoms with Crippen molar-refractivity contribution in [2.75, 3.05) is 6.61 Å². The summed E-state index contributed by atoms with van der Waals surface area (Å²) in [6, 6.07) is 8.06. The van der Waals surface area contributed by atoms with Crippen molar-refractivity contribution in [3.05, 3.63) is 35.2 Å². The summed E-state index contributed by atoms with van der Waals surface area (Å²) in [6.45, 7) is 0.0193. The summed E-state index contributed by atoms with van der Waals surface area (Å²) >= 11 is 1.66. The largest absolute Gasteiger partial charge is 0.387 e. The molecule has 0 bridgehead atoms. The Kier molecular flexibility index (Phi) is 2.99. The lowest BCUT2D eigenvalue weighted by atomic mass is 10.2. The Balaban J connectivity index is 2.18. The van der Waals surface area contributed by atoms with Gasteiger partial charge in [-0.05, 0) is 22.4 Å². The van der Waals surface area contributed by atoms with Crippen molar-refractivity contribution in [1.29, 1.82) is 0 Å². The molecule has 78 valence electrons. The summed E-state index contributed by atoms with van der Waals surface area (Å²) < 4.78 is 1.21. The van der Waals surface area contributed by atoms with Crippen LogP contribution in [-0.4, -0.2) is 17.6 Å². The molecule has 0 aliphatic rings. The quantitative estimate of drug-likeness (QED) is 0.825. The van der Waals surface area contributed by atoms with Gasteiger partial charge in [-0.3, -0.25) is 4.79 Å². The van der Waals surface area contributed by atoms with Crippen molar-refractivity contribution in [1.82, 2.24) is 5.32 Å². The van der Waals surface area contributed by atoms with E-state index in [-0.39, 0.29) is 5.91 Å². The van der Waals surface area contributed by atoms with Gasteiger partial charge >= 0.3 is 0 Å². The molecule has 1 aromatic heterocycles. The molecule has 0 saturated heterocycles. The smallest absolute Gasteiger partial charge is 0.245 e. The number of aliphatic hydroxyl groups excluding tert-OH is 1. The molecule has 0 aliphatic heterocycles. The van der Waals surface area contributed by atoms with Crippen molar-refractivity contribution in [3.8, 4) is 0 Å². The topological polar surface area (TPSA) is 49.3 Å². The minimum atomic E-state index is -0.456. The Morgan fingerprint density at radius 1 is 1.40 bits per heavy atom. The molecule has 0 fully saturated rings. The van der Waals surface area contributed by atoms with Gasteiger partial charge in [-0.15, -0.1) is 11.3 Å². The van der Waals surface area contributed by atoms with Crippen LogP contribution in [0.25, 0.3) is 10.1 Å². The molecule has 1 heterocycles. The van der Waals surface area contributed by atoms with Gasteiger partial charge in [-0.1, -0.05) is 18.2 Å². The Bertz CT molecular complexity index is 478. The van der Waals surface area contributed by atoms with Gasteiger partial charge in [0.15, 0.2) is 0 Å². The van der Waals surface area contributed by atoms with E-state index in [2.05, 4.69) is 11.4 Å². The molecule has 2 aromatic rings. The Hall–Kier alpha value is -1.39. The normalized spacial score (nSPS) is 10.5. The van der Waals surface area contributed by atoms with Crippen LogP contribution in [0.3, 0.4) is 0 Å². The molecular formula is C11H11NO2S. The Labute approximate surface area is 91.4 Å². The van der Waals surface area contributed by atoms with Crippen LogP contribution in [0.1, 0.15) is 5.56 Å². The summed E-state index contributed by atoms with van der Waals surface area (Å²) in [5.74, 6) is -0.342. The zero-order valence-electron chi connectivity index (χ0n) is 8.06. The molecule has 0 atom stereocenters. The molecule has 1 amide bonds. The van der Waals surface area contributed by atoms with Gasteiger partial charge in [-0.25, -0.2) is 0 Å². The second kappa shape index (κ2) is 4.42. The summed E-state index contributed by atoms with van der Waals surface area (Å²) in [7, 11) is 0. The van der Waals surface area contributed by atoms with Crippen molar-refractivity contribution in [3.63, 3.8) is 0 Å². The van der Waals surface area contributed by atoms with Crippen molar-refractivity contribution < 1.29 is 9.90 Å². The van der Waals surface area contributed by atoms with Gasteiger partial charge in [0.1, 0.15) is 6.61 Å². The van der Waals surface area contributed by atoms with E-state index >= 15 is 0 Å². The third-order valence-corrected chi connectivity index (χ3v) is 3.19. The first-order chi connectivity index (χ1) is 7.31. The number of hydrogen-bond donors (Lipinski definition) is 2. The van der Waals surface area contributed by atoms with Crippen LogP contribution in [0.4, 0.5) is 0 Å². The number of nitrogens with one attached hydrogen (secondary N) is 1. The molecule has 0 unspecified atom stereocenters. The van der Waals surface area contributed by atoms with Crippen molar-refractivity contribution >= 4 is 27.3 Å². The van der Waals surface area contributed by atoms with Crippen LogP contribution in [0.2, 0.25) is 0 Å². The summed E-state index contributed by atoms with van der Waals surface area (Å²) in [4.78, 5) is 10.9. The maximum Gasteiger partial charge on any atom is 0.245 e. The lowest BCUT2D eigenvalue weighted by Gasteiger charge is -2.01. The molecule has 1 aromatic carbocycles. The summed E-state index contributed by atoms with van der Waals surface area (Å²) in [6.07, 6.45) is 0. The van der Waals surface area contributed by atoms with E-state index in [4.69, 9.17) is 5.11 Å². The zero-order valence-corrected chi connectivity index (χ0v) is 8.88. The highest BCUT2D eigenvalue weighted by atomic mass is 32.1. The molecule has 2 N–H and O–H groups in total. The summed E-state index contributed by atoms with van der Waals surface area (Å²) in [5, 5.41) is 14.4. The first-order valence-electron chi connectivity index (χ1n) is 4.64. The fourth-order valence-corrected chi connectivity index (χ4v) is 2.38. The predicted octanol–water partition coefficient (Wildman–Crippen LogP) is 1.51. The molecule has 3 nitrogen and oxygen atoms in total. The highest BCUT2D eigenvalue weighted by molar-refractivity contribution is 7.17. The van der Waals surface area contributed by atoms with Crippen LogP contribution >= 0.6 is 11.3 Å². The molecule has 2 rings (SSSR count). The van der Waals surface area contributed by atoms with E-state index in [1.807, 2.05) is 23.6 Å². The lowest BCUT2D eigenvalue weighted by molar-refractivity contribution is -0.123. The predicted molar refractivity (Wildman–Crippen MR) is 60.8 cm³/mol. The number of fused-ring (bicyclic) bond motifs is 1. The molecule has 0 radical (unpaired) electrons. The van der Waals surface area contributed by atoms with E-state index in [9.17, 15) is 4.79 Å². The number of carbonyl (C=O) groups is 1. The van der Waals surface area contributed by atoms with E-state index in [1.54, 1.807) is 11.3 Å². The minimum Gasteiger partial charge on any atom is -0.387 e. The lowest BCUT2D eigenvalue weighted by Crippen LogP contribution is -2.25. The number of rotatable bonds is 3. The average Bonchev–Trinajstić information content (AvgIpc) is 2.69. The molecule has 0 spiro atoms. The van der Waals surface area contributed by atoms with Gasteiger partial charge in [0, 0.05) is 11.2 Å². The minimum absolute atomic E-state index is 0.342. The second-order valence-electron chi connectivity index (χ2n) is 3.19. The third-order valence-electron chi connectivity index (χ3n) is 2.18. The number of thiophene rings is 1. The molecular weight excluding hydrogens is 210 g/mol. The van der Waals surface area contributed by atoms with Gasteiger partial charge in [0.05, 0.1) is 0 Å². The monoisotopic (exact) mass is 221 g/mol. The highest BCUT2D eigenvalue weighted by Crippen LogP contribution is 2.25. The summed E-state index contributed by atoms with van der Waals surface area (Å²) in [5.41, 5.74) is 1.09. The van der Waals surface area contributed by atoms with Gasteiger partial charge in [-0.2, -0.15) is 0 Å². The van der Waals surface area contributed by atoms with Crippen molar-refractivity contribution in [2.45, 2.75) is 6.54 Å². The number of amides is 1. The number of benzene rings is 1. The maximum atomic E-state index is 10.9. The number of hydrogen-bond acceptors (Lipinski definition) is 3. The fourth-order valence-electron chi connectivity index (χ4n) is 1.42. The van der Waals surface area contributed by atoms with E-state index in [1.165, 1.54) is 10.1 Å². The average molecular weight is 221 g/mol. The van der Waals surface area contributed by atoms with E-state index < -0.39 is 6.61 Å². The Morgan fingerprint density at radius 2 is 2.20 bits per heavy atom. The van der Waals surface area contributed by atoms with Gasteiger partial charge < -0.3 is 10.4 Å². The van der Waals surface area contributed by atoms with Gasteiger partial charge in [0.2, 0.25) is 5.91 Å². The highest BCUT2D eigenvalue weighted by Gasteiger charge is 2.04. The first-order valence-corrected chi connectivity index (χ1v) is 5.52. The standard InChI is InChI=1S/C11H11NO2S/c13-6-11(14)12-5-8-7-15-10-4-2-1-3-9(8)10/h1-4,7,13H,5-6H2,(H,12,14). The maximum absolute atomic E-state index is 10.9. The molecule has 0 saturated carbocycles. The molecule has 15 heavy (non-hydrogen) atoms. The zero-order chi connectivity index (χ0) is 10.7. The molecule has 4 heteroatoms. The van der Waals surface area contributed by atoms with Crippen molar-refractivity contribution in [2.24, 2.45) is 0 Å². The SMILES string of the molecule is O=C(CO)NCc1csc2ccccc12. The van der Waals surface area contributed by atoms with Crippen LogP contribution < -0.4 is 5.32 Å². The van der Waals surface area contributed by atoms with E-state index in [0.29, 0.717) is 6.54 Å². The Morgan fingerprint density at radius 3 is 3.00 bits per heavy atom. The van der Waals surface area contributed by atoms with Crippen LogP contribution in [0.15, 0.2) is 29.6 Å². The first kappa shape index (κ1) is 10.1. The fraction of sp³-hybridized carbons (Fsp3) is 0.182.